The number of thiophene rings is 1. The standard InChI is InChI=1S/C18H15N3O2S/c22-17(12-13-6-5-11-24-13)20-14-7-1-2-8-15(14)21-18(23)16-9-3-4-10-19-16/h1-11H,12H2,(H,20,22)(H,21,23). The number of hydrogen-bond acceptors (Lipinski definition) is 4. The normalized spacial score (nSPS) is 10.2. The second-order valence-electron chi connectivity index (χ2n) is 5.02. The Labute approximate surface area is 143 Å². The summed E-state index contributed by atoms with van der Waals surface area (Å²) in [7, 11) is 0. The largest absolute Gasteiger partial charge is 0.324 e. The predicted octanol–water partition coefficient (Wildman–Crippen LogP) is 3.58. The monoisotopic (exact) mass is 337 g/mol. The fourth-order valence-electron chi connectivity index (χ4n) is 2.15. The van der Waals surface area contributed by atoms with E-state index in [0.717, 1.165) is 4.88 Å². The van der Waals surface area contributed by atoms with Gasteiger partial charge in [0, 0.05) is 11.1 Å². The smallest absolute Gasteiger partial charge is 0.274 e. The Kier molecular flexibility index (Phi) is 4.98. The van der Waals surface area contributed by atoms with Gasteiger partial charge in [-0.15, -0.1) is 11.3 Å². The molecule has 0 radical (unpaired) electrons. The second-order valence-corrected chi connectivity index (χ2v) is 6.05. The molecule has 2 N–H and O–H groups in total. The van der Waals surface area contributed by atoms with Crippen LogP contribution in [-0.4, -0.2) is 16.8 Å². The number of carbonyl (C=O) groups is 2. The van der Waals surface area contributed by atoms with Crippen LogP contribution < -0.4 is 10.6 Å². The summed E-state index contributed by atoms with van der Waals surface area (Å²) in [5.41, 5.74) is 1.41. The molecule has 0 saturated carbocycles. The first-order valence-electron chi connectivity index (χ1n) is 7.36. The van der Waals surface area contributed by atoms with Crippen LogP contribution in [0.4, 0.5) is 11.4 Å². The van der Waals surface area contributed by atoms with Crippen LogP contribution in [0.1, 0.15) is 15.4 Å². The second kappa shape index (κ2) is 7.52. The van der Waals surface area contributed by atoms with Gasteiger partial charge in [-0.05, 0) is 35.7 Å². The van der Waals surface area contributed by atoms with Crippen molar-refractivity contribution in [3.05, 3.63) is 76.7 Å². The zero-order valence-electron chi connectivity index (χ0n) is 12.7. The van der Waals surface area contributed by atoms with E-state index in [9.17, 15) is 9.59 Å². The SMILES string of the molecule is O=C(Cc1cccs1)Nc1ccccc1NC(=O)c1ccccn1. The van der Waals surface area contributed by atoms with Crippen LogP contribution in [0, 0.1) is 0 Å². The third kappa shape index (κ3) is 4.05. The van der Waals surface area contributed by atoms with E-state index < -0.39 is 0 Å². The number of amides is 2. The highest BCUT2D eigenvalue weighted by Crippen LogP contribution is 2.22. The molecule has 6 heteroatoms. The van der Waals surface area contributed by atoms with Gasteiger partial charge in [-0.25, -0.2) is 0 Å². The lowest BCUT2D eigenvalue weighted by Crippen LogP contribution is -2.18. The van der Waals surface area contributed by atoms with Crippen molar-refractivity contribution in [2.24, 2.45) is 0 Å². The Morgan fingerprint density at radius 1 is 0.917 bits per heavy atom. The highest BCUT2D eigenvalue weighted by Gasteiger charge is 2.12. The highest BCUT2D eigenvalue weighted by molar-refractivity contribution is 7.10. The molecule has 0 unspecified atom stereocenters. The average Bonchev–Trinajstić information content (AvgIpc) is 3.10. The molecule has 3 aromatic rings. The first-order chi connectivity index (χ1) is 11.7. The number of pyridine rings is 1. The van der Waals surface area contributed by atoms with Crippen LogP contribution in [0.25, 0.3) is 0 Å². The topological polar surface area (TPSA) is 71.1 Å². The maximum Gasteiger partial charge on any atom is 0.274 e. The average molecular weight is 337 g/mol. The molecule has 3 rings (SSSR count). The van der Waals surface area contributed by atoms with Crippen LogP contribution in [-0.2, 0) is 11.2 Å². The lowest BCUT2D eigenvalue weighted by molar-refractivity contribution is -0.115. The Hall–Kier alpha value is -2.99. The van der Waals surface area contributed by atoms with E-state index in [1.807, 2.05) is 17.5 Å². The number of rotatable bonds is 5. The third-order valence-electron chi connectivity index (χ3n) is 3.26. The minimum atomic E-state index is -0.324. The molecule has 0 aliphatic carbocycles. The molecule has 0 bridgehead atoms. The van der Waals surface area contributed by atoms with Crippen molar-refractivity contribution >= 4 is 34.5 Å². The van der Waals surface area contributed by atoms with E-state index in [2.05, 4.69) is 15.6 Å². The van der Waals surface area contributed by atoms with Gasteiger partial charge < -0.3 is 10.6 Å². The molecule has 1 aromatic carbocycles. The van der Waals surface area contributed by atoms with E-state index in [0.29, 0.717) is 23.5 Å². The van der Waals surface area contributed by atoms with Gasteiger partial charge in [0.1, 0.15) is 5.69 Å². The van der Waals surface area contributed by atoms with Gasteiger partial charge in [0.25, 0.3) is 5.91 Å². The molecule has 0 saturated heterocycles. The lowest BCUT2D eigenvalue weighted by Gasteiger charge is -2.11. The van der Waals surface area contributed by atoms with Crippen molar-refractivity contribution in [2.75, 3.05) is 10.6 Å². The summed E-state index contributed by atoms with van der Waals surface area (Å²) >= 11 is 1.54. The zero-order valence-corrected chi connectivity index (χ0v) is 13.5. The van der Waals surface area contributed by atoms with Gasteiger partial charge in [0.05, 0.1) is 17.8 Å². The minimum Gasteiger partial charge on any atom is -0.324 e. The van der Waals surface area contributed by atoms with E-state index in [4.69, 9.17) is 0 Å². The zero-order chi connectivity index (χ0) is 16.8. The molecule has 2 aromatic heterocycles. The summed E-state index contributed by atoms with van der Waals surface area (Å²) in [6.45, 7) is 0. The molecular weight excluding hydrogens is 322 g/mol. The summed E-state index contributed by atoms with van der Waals surface area (Å²) in [6, 6.07) is 16.0. The van der Waals surface area contributed by atoms with Crippen molar-refractivity contribution < 1.29 is 9.59 Å². The number of aromatic nitrogens is 1. The van der Waals surface area contributed by atoms with Gasteiger partial charge in [-0.3, -0.25) is 14.6 Å². The fourth-order valence-corrected chi connectivity index (χ4v) is 2.85. The molecule has 0 aliphatic heterocycles. The Morgan fingerprint density at radius 2 is 1.67 bits per heavy atom. The van der Waals surface area contributed by atoms with Gasteiger partial charge in [-0.2, -0.15) is 0 Å². The van der Waals surface area contributed by atoms with Crippen LogP contribution in [0.5, 0.6) is 0 Å². The first-order valence-corrected chi connectivity index (χ1v) is 8.24. The van der Waals surface area contributed by atoms with E-state index in [-0.39, 0.29) is 11.8 Å². The van der Waals surface area contributed by atoms with Crippen molar-refractivity contribution in [3.63, 3.8) is 0 Å². The molecular formula is C18H15N3O2S. The maximum atomic E-state index is 12.2. The minimum absolute atomic E-state index is 0.128. The molecule has 0 atom stereocenters. The number of carbonyl (C=O) groups excluding carboxylic acids is 2. The fraction of sp³-hybridized carbons (Fsp3) is 0.0556. The van der Waals surface area contributed by atoms with E-state index in [1.54, 1.807) is 48.7 Å². The van der Waals surface area contributed by atoms with Crippen LogP contribution in [0.15, 0.2) is 66.2 Å². The van der Waals surface area contributed by atoms with Crippen molar-refractivity contribution in [1.82, 2.24) is 4.98 Å². The van der Waals surface area contributed by atoms with Crippen LogP contribution in [0.2, 0.25) is 0 Å². The van der Waals surface area contributed by atoms with Crippen molar-refractivity contribution in [1.29, 1.82) is 0 Å². The predicted molar refractivity (Wildman–Crippen MR) is 95.3 cm³/mol. The molecule has 5 nitrogen and oxygen atoms in total. The number of nitrogens with one attached hydrogen (secondary N) is 2. The summed E-state index contributed by atoms with van der Waals surface area (Å²) in [4.78, 5) is 29.4. The van der Waals surface area contributed by atoms with Gasteiger partial charge in [0.15, 0.2) is 0 Å². The number of anilines is 2. The Bertz CT molecular complexity index is 832. The maximum absolute atomic E-state index is 12.2. The molecule has 120 valence electrons. The molecule has 24 heavy (non-hydrogen) atoms. The van der Waals surface area contributed by atoms with Gasteiger partial charge >= 0.3 is 0 Å². The third-order valence-corrected chi connectivity index (χ3v) is 4.14. The summed E-state index contributed by atoms with van der Waals surface area (Å²) in [5.74, 6) is -0.451. The summed E-state index contributed by atoms with van der Waals surface area (Å²) < 4.78 is 0. The van der Waals surface area contributed by atoms with Crippen LogP contribution in [0.3, 0.4) is 0 Å². The quantitative estimate of drug-likeness (QED) is 0.747. The van der Waals surface area contributed by atoms with Gasteiger partial charge in [0.2, 0.25) is 5.91 Å². The summed E-state index contributed by atoms with van der Waals surface area (Å²) in [5, 5.41) is 7.55. The molecule has 2 amide bonds. The molecule has 0 aliphatic rings. The van der Waals surface area contributed by atoms with E-state index >= 15 is 0 Å². The molecule has 0 fully saturated rings. The number of nitrogens with zero attached hydrogens (tertiary/aromatic N) is 1. The number of para-hydroxylation sites is 2. The number of hydrogen-bond donors (Lipinski definition) is 2. The summed E-state index contributed by atoms with van der Waals surface area (Å²) in [6.07, 6.45) is 1.86. The molecule has 0 spiro atoms. The Morgan fingerprint density at radius 3 is 2.33 bits per heavy atom. The van der Waals surface area contributed by atoms with E-state index in [1.165, 1.54) is 11.3 Å². The highest BCUT2D eigenvalue weighted by atomic mass is 32.1. The van der Waals surface area contributed by atoms with Crippen molar-refractivity contribution in [3.8, 4) is 0 Å². The lowest BCUT2D eigenvalue weighted by atomic mass is 10.2. The Balaban J connectivity index is 1.71. The van der Waals surface area contributed by atoms with Gasteiger partial charge in [-0.1, -0.05) is 24.3 Å². The number of benzene rings is 1. The van der Waals surface area contributed by atoms with Crippen molar-refractivity contribution in [2.45, 2.75) is 6.42 Å². The molecule has 2 heterocycles. The first kappa shape index (κ1) is 15.9. The van der Waals surface area contributed by atoms with Crippen LogP contribution >= 0.6 is 11.3 Å².